The van der Waals surface area contributed by atoms with Gasteiger partial charge in [0.25, 0.3) is 0 Å². The molecule has 1 aliphatic heterocycles. The van der Waals surface area contributed by atoms with E-state index in [4.69, 9.17) is 4.74 Å². The molecule has 1 fully saturated rings. The Labute approximate surface area is 138 Å². The van der Waals surface area contributed by atoms with Crippen molar-refractivity contribution >= 4 is 28.3 Å². The van der Waals surface area contributed by atoms with Crippen LogP contribution in [0.2, 0.25) is 0 Å². The molecule has 2 N–H and O–H groups in total. The summed E-state index contributed by atoms with van der Waals surface area (Å²) in [4.78, 5) is 18.8. The number of morpholine rings is 1. The molecule has 124 valence electrons. The van der Waals surface area contributed by atoms with Crippen LogP contribution in [-0.4, -0.2) is 52.0 Å². The number of urea groups is 1. The number of hydrogen-bond donors (Lipinski definition) is 2. The lowest BCUT2D eigenvalue weighted by Gasteiger charge is -2.25. The van der Waals surface area contributed by atoms with Gasteiger partial charge in [0.15, 0.2) is 10.9 Å². The molecule has 0 bridgehead atoms. The molecule has 0 unspecified atom stereocenters. The highest BCUT2D eigenvalue weighted by Crippen LogP contribution is 2.18. The van der Waals surface area contributed by atoms with E-state index in [-0.39, 0.29) is 6.03 Å². The fourth-order valence-corrected chi connectivity index (χ4v) is 3.09. The van der Waals surface area contributed by atoms with E-state index in [1.54, 1.807) is 4.68 Å². The fraction of sp³-hybridized carbons (Fsp3) is 0.500. The smallest absolute Gasteiger partial charge is 0.326 e. The molecule has 0 aliphatic carbocycles. The van der Waals surface area contributed by atoms with Crippen molar-refractivity contribution in [1.29, 1.82) is 0 Å². The minimum atomic E-state index is -0.334. The van der Waals surface area contributed by atoms with Gasteiger partial charge in [-0.2, -0.15) is 5.10 Å². The van der Waals surface area contributed by atoms with Gasteiger partial charge in [0, 0.05) is 43.8 Å². The lowest BCUT2D eigenvalue weighted by Crippen LogP contribution is -2.35. The Morgan fingerprint density at radius 3 is 2.87 bits per heavy atom. The van der Waals surface area contributed by atoms with Crippen molar-refractivity contribution in [3.8, 4) is 0 Å². The van der Waals surface area contributed by atoms with Crippen LogP contribution in [0.3, 0.4) is 0 Å². The number of nitrogens with zero attached hydrogens (tertiary/aromatic N) is 4. The second-order valence-electron chi connectivity index (χ2n) is 5.45. The first kappa shape index (κ1) is 15.9. The maximum Gasteiger partial charge on any atom is 0.326 e. The minimum absolute atomic E-state index is 0.334. The molecule has 2 amide bonds. The topological polar surface area (TPSA) is 84.3 Å². The van der Waals surface area contributed by atoms with Gasteiger partial charge in [-0.05, 0) is 6.92 Å². The molecule has 3 heterocycles. The molecule has 3 rings (SSSR count). The van der Waals surface area contributed by atoms with Gasteiger partial charge in [-0.1, -0.05) is 0 Å². The van der Waals surface area contributed by atoms with Crippen LogP contribution < -0.4 is 10.6 Å². The number of thiazole rings is 1. The number of anilines is 2. The van der Waals surface area contributed by atoms with E-state index in [0.29, 0.717) is 10.9 Å². The minimum Gasteiger partial charge on any atom is -0.379 e. The summed E-state index contributed by atoms with van der Waals surface area (Å²) in [6.07, 6.45) is 1.85. The zero-order valence-corrected chi connectivity index (χ0v) is 14.0. The molecule has 8 nitrogen and oxygen atoms in total. The summed E-state index contributed by atoms with van der Waals surface area (Å²) in [6, 6.07) is -0.334. The quantitative estimate of drug-likeness (QED) is 0.887. The highest BCUT2D eigenvalue weighted by molar-refractivity contribution is 7.13. The molecule has 1 aliphatic rings. The normalized spacial score (nSPS) is 15.6. The summed E-state index contributed by atoms with van der Waals surface area (Å²) >= 11 is 1.42. The number of carbonyl (C=O) groups excluding carboxylic acids is 1. The second kappa shape index (κ2) is 7.07. The van der Waals surface area contributed by atoms with Gasteiger partial charge in [-0.3, -0.25) is 20.2 Å². The largest absolute Gasteiger partial charge is 0.379 e. The van der Waals surface area contributed by atoms with Crippen molar-refractivity contribution in [2.45, 2.75) is 13.5 Å². The molecule has 2 aromatic rings. The number of nitrogens with one attached hydrogen (secondary N) is 2. The fourth-order valence-electron chi connectivity index (χ4n) is 2.39. The number of aryl methyl sites for hydroxylation is 2. The first-order chi connectivity index (χ1) is 11.1. The van der Waals surface area contributed by atoms with Crippen LogP contribution in [0.4, 0.5) is 15.7 Å². The summed E-state index contributed by atoms with van der Waals surface area (Å²) in [6.45, 7) is 6.04. The highest BCUT2D eigenvalue weighted by Gasteiger charge is 2.14. The van der Waals surface area contributed by atoms with Crippen molar-refractivity contribution in [2.24, 2.45) is 7.05 Å². The zero-order valence-electron chi connectivity index (χ0n) is 13.2. The molecule has 0 saturated carbocycles. The van der Waals surface area contributed by atoms with Gasteiger partial charge in [0.1, 0.15) is 0 Å². The number of rotatable bonds is 4. The number of hydrogen-bond acceptors (Lipinski definition) is 6. The van der Waals surface area contributed by atoms with Gasteiger partial charge in [-0.25, -0.2) is 9.78 Å². The zero-order chi connectivity index (χ0) is 16.2. The van der Waals surface area contributed by atoms with E-state index in [0.717, 1.165) is 44.1 Å². The monoisotopic (exact) mass is 336 g/mol. The number of aromatic nitrogens is 3. The molecular formula is C14H20N6O2S. The van der Waals surface area contributed by atoms with Gasteiger partial charge < -0.3 is 4.74 Å². The third-order valence-corrected chi connectivity index (χ3v) is 4.31. The summed E-state index contributed by atoms with van der Waals surface area (Å²) in [5, 5.41) is 12.2. The Balaban J connectivity index is 1.53. The highest BCUT2D eigenvalue weighted by atomic mass is 32.1. The third-order valence-electron chi connectivity index (χ3n) is 3.51. The van der Waals surface area contributed by atoms with Gasteiger partial charge in [-0.15, -0.1) is 11.3 Å². The molecule has 0 atom stereocenters. The van der Waals surface area contributed by atoms with Crippen molar-refractivity contribution in [3.63, 3.8) is 0 Å². The van der Waals surface area contributed by atoms with E-state index in [1.807, 2.05) is 25.5 Å². The average molecular weight is 336 g/mol. The first-order valence-electron chi connectivity index (χ1n) is 7.43. The van der Waals surface area contributed by atoms with Crippen molar-refractivity contribution < 1.29 is 9.53 Å². The van der Waals surface area contributed by atoms with Gasteiger partial charge in [0.2, 0.25) is 0 Å². The Morgan fingerprint density at radius 2 is 2.17 bits per heavy atom. The van der Waals surface area contributed by atoms with Crippen molar-refractivity contribution in [2.75, 3.05) is 36.9 Å². The standard InChI is InChI=1S/C14H20N6O2S/c1-10-7-19(2)18-12(10)16-13(21)17-14-15-11(9-23-14)8-20-3-5-22-6-4-20/h7,9H,3-6,8H2,1-2H3,(H2,15,16,17,18,21). The van der Waals surface area contributed by atoms with E-state index in [2.05, 4.69) is 25.6 Å². The summed E-state index contributed by atoms with van der Waals surface area (Å²) in [5.41, 5.74) is 1.87. The summed E-state index contributed by atoms with van der Waals surface area (Å²) < 4.78 is 6.99. The van der Waals surface area contributed by atoms with Crippen molar-refractivity contribution in [1.82, 2.24) is 19.7 Å². The predicted octanol–water partition coefficient (Wildman–Crippen LogP) is 1.66. The molecule has 2 aromatic heterocycles. The van der Waals surface area contributed by atoms with Crippen LogP contribution in [0.15, 0.2) is 11.6 Å². The Bertz CT molecular complexity index is 677. The van der Waals surface area contributed by atoms with E-state index in [1.165, 1.54) is 11.3 Å². The lowest BCUT2D eigenvalue weighted by atomic mass is 10.4. The lowest BCUT2D eigenvalue weighted by molar-refractivity contribution is 0.0337. The van der Waals surface area contributed by atoms with E-state index < -0.39 is 0 Å². The molecule has 0 spiro atoms. The van der Waals surface area contributed by atoms with Crippen LogP contribution in [0.25, 0.3) is 0 Å². The molecule has 9 heteroatoms. The molecule has 0 radical (unpaired) electrons. The Kier molecular flexibility index (Phi) is 4.89. The summed E-state index contributed by atoms with van der Waals surface area (Å²) in [7, 11) is 1.81. The van der Waals surface area contributed by atoms with Crippen LogP contribution >= 0.6 is 11.3 Å². The third kappa shape index (κ3) is 4.27. The van der Waals surface area contributed by atoms with Crippen LogP contribution in [0, 0.1) is 6.92 Å². The Hall–Kier alpha value is -1.97. The van der Waals surface area contributed by atoms with Crippen molar-refractivity contribution in [3.05, 3.63) is 22.8 Å². The molecule has 1 saturated heterocycles. The molecule has 0 aromatic carbocycles. The summed E-state index contributed by atoms with van der Waals surface area (Å²) in [5.74, 6) is 0.551. The van der Waals surface area contributed by atoms with Crippen LogP contribution in [0.1, 0.15) is 11.3 Å². The van der Waals surface area contributed by atoms with Gasteiger partial charge >= 0.3 is 6.03 Å². The predicted molar refractivity (Wildman–Crippen MR) is 88.8 cm³/mol. The maximum absolute atomic E-state index is 12.0. The molecule has 23 heavy (non-hydrogen) atoms. The Morgan fingerprint density at radius 1 is 1.39 bits per heavy atom. The average Bonchev–Trinajstić information content (AvgIpc) is 3.06. The van der Waals surface area contributed by atoms with E-state index >= 15 is 0 Å². The van der Waals surface area contributed by atoms with Crippen LogP contribution in [0.5, 0.6) is 0 Å². The number of amides is 2. The number of ether oxygens (including phenoxy) is 1. The number of carbonyl (C=O) groups is 1. The van der Waals surface area contributed by atoms with Gasteiger partial charge in [0.05, 0.1) is 18.9 Å². The second-order valence-corrected chi connectivity index (χ2v) is 6.30. The molecular weight excluding hydrogens is 316 g/mol. The maximum atomic E-state index is 12.0. The first-order valence-corrected chi connectivity index (χ1v) is 8.31. The van der Waals surface area contributed by atoms with Crippen LogP contribution in [-0.2, 0) is 18.3 Å². The van der Waals surface area contributed by atoms with E-state index in [9.17, 15) is 4.79 Å². The SMILES string of the molecule is Cc1cn(C)nc1NC(=O)Nc1nc(CN2CCOCC2)cs1.